The summed E-state index contributed by atoms with van der Waals surface area (Å²) in [7, 11) is 1.73. The van der Waals surface area contributed by atoms with Crippen molar-refractivity contribution in [3.8, 4) is 11.1 Å². The number of hydrogen-bond donors (Lipinski definition) is 2. The van der Waals surface area contributed by atoms with Crippen molar-refractivity contribution in [1.82, 2.24) is 5.32 Å². The summed E-state index contributed by atoms with van der Waals surface area (Å²) < 4.78 is 0. The maximum atomic E-state index is 12.9. The van der Waals surface area contributed by atoms with Crippen molar-refractivity contribution in [3.05, 3.63) is 101 Å². The van der Waals surface area contributed by atoms with Crippen LogP contribution in [-0.2, 0) is 4.79 Å². The molecule has 0 atom stereocenters. The molecule has 1 aliphatic rings. The molecule has 4 aromatic carbocycles. The summed E-state index contributed by atoms with van der Waals surface area (Å²) in [6, 6.07) is 29.0. The number of thioether (sulfide) groups is 1. The van der Waals surface area contributed by atoms with E-state index >= 15 is 0 Å². The highest BCUT2D eigenvalue weighted by Crippen LogP contribution is 2.28. The summed E-state index contributed by atoms with van der Waals surface area (Å²) in [6.07, 6.45) is 1.69. The number of hydrogen-bond acceptors (Lipinski definition) is 4. The second-order valence-corrected chi connectivity index (χ2v) is 9.09. The van der Waals surface area contributed by atoms with E-state index in [4.69, 9.17) is 0 Å². The van der Waals surface area contributed by atoms with Crippen molar-refractivity contribution >= 4 is 57.2 Å². The van der Waals surface area contributed by atoms with E-state index in [1.165, 1.54) is 0 Å². The lowest BCUT2D eigenvalue weighted by Crippen LogP contribution is -2.31. The zero-order chi connectivity index (χ0) is 24.4. The standard InChI is InChI=1S/C28H21N3O3S/c1-31(27(33)29-23-14-13-19-5-2-3-6-21(19)16-23)24-8-4-7-22(17-24)20-11-9-18(10-12-20)15-25-26(32)30-28(34)35-25/h2-17H,1H3,(H,29,33)(H,30,32,34). The van der Waals surface area contributed by atoms with Crippen LogP contribution in [-0.4, -0.2) is 24.2 Å². The molecule has 6 nitrogen and oxygen atoms in total. The fourth-order valence-corrected chi connectivity index (χ4v) is 4.51. The summed E-state index contributed by atoms with van der Waals surface area (Å²) in [5, 5.41) is 7.04. The first-order valence-corrected chi connectivity index (χ1v) is 11.8. The van der Waals surface area contributed by atoms with Crippen molar-refractivity contribution in [3.63, 3.8) is 0 Å². The first kappa shape index (κ1) is 22.4. The number of nitrogens with one attached hydrogen (secondary N) is 2. The molecule has 0 radical (unpaired) electrons. The third-order valence-corrected chi connectivity index (χ3v) is 6.53. The van der Waals surface area contributed by atoms with E-state index in [0.717, 1.165) is 50.6 Å². The molecule has 0 spiro atoms. The van der Waals surface area contributed by atoms with E-state index in [9.17, 15) is 14.4 Å². The molecule has 0 saturated carbocycles. The summed E-state index contributed by atoms with van der Waals surface area (Å²) in [5.41, 5.74) is 4.23. The Labute approximate surface area is 206 Å². The van der Waals surface area contributed by atoms with Gasteiger partial charge in [-0.1, -0.05) is 66.7 Å². The van der Waals surface area contributed by atoms with Gasteiger partial charge in [0.2, 0.25) is 0 Å². The number of imide groups is 1. The molecule has 1 saturated heterocycles. The van der Waals surface area contributed by atoms with Crippen molar-refractivity contribution in [2.75, 3.05) is 17.3 Å². The van der Waals surface area contributed by atoms with Crippen molar-refractivity contribution in [2.45, 2.75) is 0 Å². The number of nitrogens with zero attached hydrogens (tertiary/aromatic N) is 1. The zero-order valence-corrected chi connectivity index (χ0v) is 19.6. The highest BCUT2D eigenvalue weighted by Gasteiger charge is 2.24. The third kappa shape index (κ3) is 4.95. The SMILES string of the molecule is CN(C(=O)Nc1ccc2ccccc2c1)c1cccc(-c2ccc(C=C3SC(=O)NC3=O)cc2)c1. The first-order chi connectivity index (χ1) is 17.0. The third-order valence-electron chi connectivity index (χ3n) is 5.72. The largest absolute Gasteiger partial charge is 0.326 e. The van der Waals surface area contributed by atoms with E-state index < -0.39 is 0 Å². The highest BCUT2D eigenvalue weighted by atomic mass is 32.2. The van der Waals surface area contributed by atoms with Gasteiger partial charge in [-0.05, 0) is 69.6 Å². The molecule has 2 N–H and O–H groups in total. The van der Waals surface area contributed by atoms with Gasteiger partial charge in [0.15, 0.2) is 0 Å². The molecule has 4 amide bonds. The minimum Gasteiger partial charge on any atom is -0.308 e. The predicted molar refractivity (Wildman–Crippen MR) is 142 cm³/mol. The number of urea groups is 1. The van der Waals surface area contributed by atoms with Crippen molar-refractivity contribution < 1.29 is 14.4 Å². The first-order valence-electron chi connectivity index (χ1n) is 11.0. The van der Waals surface area contributed by atoms with E-state index in [1.54, 1.807) is 18.0 Å². The van der Waals surface area contributed by atoms with Gasteiger partial charge >= 0.3 is 6.03 Å². The monoisotopic (exact) mass is 479 g/mol. The number of rotatable bonds is 4. The molecule has 0 bridgehead atoms. The number of fused-ring (bicyclic) bond motifs is 1. The number of anilines is 2. The number of carbonyl (C=O) groups is 3. The molecule has 35 heavy (non-hydrogen) atoms. The molecular weight excluding hydrogens is 458 g/mol. The van der Waals surface area contributed by atoms with Crippen LogP contribution in [0.2, 0.25) is 0 Å². The summed E-state index contributed by atoms with van der Waals surface area (Å²) >= 11 is 0.896. The van der Waals surface area contributed by atoms with Crippen LogP contribution < -0.4 is 15.5 Å². The molecule has 0 unspecified atom stereocenters. The Kier molecular flexibility index (Phi) is 6.08. The molecule has 5 rings (SSSR count). The number of amides is 4. The van der Waals surface area contributed by atoms with Gasteiger partial charge in [0.1, 0.15) is 0 Å². The predicted octanol–water partition coefficient (Wildman–Crippen LogP) is 6.50. The Hall–Kier alpha value is -4.36. The van der Waals surface area contributed by atoms with Gasteiger partial charge in [-0.25, -0.2) is 4.79 Å². The smallest absolute Gasteiger partial charge is 0.308 e. The lowest BCUT2D eigenvalue weighted by molar-refractivity contribution is -0.115. The maximum absolute atomic E-state index is 12.9. The van der Waals surface area contributed by atoms with E-state index in [1.807, 2.05) is 91.0 Å². The van der Waals surface area contributed by atoms with Crippen LogP contribution in [0.4, 0.5) is 21.0 Å². The minimum absolute atomic E-state index is 0.235. The molecule has 0 aliphatic carbocycles. The Morgan fingerprint density at radius 3 is 2.37 bits per heavy atom. The van der Waals surface area contributed by atoms with Gasteiger partial charge in [0.05, 0.1) is 4.91 Å². The molecule has 1 fully saturated rings. The molecule has 4 aromatic rings. The Morgan fingerprint density at radius 1 is 0.857 bits per heavy atom. The lowest BCUT2D eigenvalue weighted by Gasteiger charge is -2.19. The Bertz CT molecular complexity index is 1500. The average molecular weight is 480 g/mol. The van der Waals surface area contributed by atoms with Gasteiger partial charge in [0.25, 0.3) is 11.1 Å². The van der Waals surface area contributed by atoms with E-state index in [2.05, 4.69) is 10.6 Å². The topological polar surface area (TPSA) is 78.5 Å². The van der Waals surface area contributed by atoms with Gasteiger partial charge in [-0.2, -0.15) is 0 Å². The molecular formula is C28H21N3O3S. The van der Waals surface area contributed by atoms with Crippen LogP contribution in [0.1, 0.15) is 5.56 Å². The van der Waals surface area contributed by atoms with Crippen LogP contribution in [0, 0.1) is 0 Å². The average Bonchev–Trinajstić information content (AvgIpc) is 3.20. The normalized spacial score (nSPS) is 14.3. The quantitative estimate of drug-likeness (QED) is 0.328. The second kappa shape index (κ2) is 9.48. The fourth-order valence-electron chi connectivity index (χ4n) is 3.83. The van der Waals surface area contributed by atoms with Crippen LogP contribution in [0.3, 0.4) is 0 Å². The minimum atomic E-state index is -0.373. The van der Waals surface area contributed by atoms with Gasteiger partial charge < -0.3 is 5.32 Å². The molecule has 1 aliphatic heterocycles. The van der Waals surface area contributed by atoms with Gasteiger partial charge in [0, 0.05) is 18.4 Å². The molecule has 7 heteroatoms. The summed E-state index contributed by atoms with van der Waals surface area (Å²) in [5.74, 6) is -0.373. The van der Waals surface area contributed by atoms with E-state index in [-0.39, 0.29) is 17.2 Å². The van der Waals surface area contributed by atoms with Crippen LogP contribution in [0.5, 0.6) is 0 Å². The number of benzene rings is 4. The van der Waals surface area contributed by atoms with Crippen LogP contribution in [0.25, 0.3) is 28.0 Å². The van der Waals surface area contributed by atoms with Crippen molar-refractivity contribution in [2.24, 2.45) is 0 Å². The van der Waals surface area contributed by atoms with E-state index in [0.29, 0.717) is 4.91 Å². The van der Waals surface area contributed by atoms with Gasteiger partial charge in [-0.15, -0.1) is 0 Å². The zero-order valence-electron chi connectivity index (χ0n) is 18.8. The highest BCUT2D eigenvalue weighted by molar-refractivity contribution is 8.18. The van der Waals surface area contributed by atoms with Crippen LogP contribution >= 0.6 is 11.8 Å². The van der Waals surface area contributed by atoms with Crippen molar-refractivity contribution in [1.29, 1.82) is 0 Å². The second-order valence-electron chi connectivity index (χ2n) is 8.08. The maximum Gasteiger partial charge on any atom is 0.326 e. The Morgan fingerprint density at radius 2 is 1.63 bits per heavy atom. The molecule has 172 valence electrons. The Balaban J connectivity index is 1.31. The lowest BCUT2D eigenvalue weighted by atomic mass is 10.0. The van der Waals surface area contributed by atoms with Gasteiger partial charge in [-0.3, -0.25) is 19.8 Å². The number of carbonyl (C=O) groups excluding carboxylic acids is 3. The summed E-state index contributed by atoms with van der Waals surface area (Å²) in [4.78, 5) is 37.9. The fraction of sp³-hybridized carbons (Fsp3) is 0.0357. The molecule has 0 aromatic heterocycles. The van der Waals surface area contributed by atoms with Crippen LogP contribution in [0.15, 0.2) is 95.9 Å². The molecule has 1 heterocycles. The summed E-state index contributed by atoms with van der Waals surface area (Å²) in [6.45, 7) is 0.